The molecule has 2 saturated heterocycles. The molecular weight excluding hydrogens is 499 g/mol. The van der Waals surface area contributed by atoms with Gasteiger partial charge in [0.1, 0.15) is 11.6 Å². The van der Waals surface area contributed by atoms with Crippen molar-refractivity contribution in [1.29, 1.82) is 0 Å². The van der Waals surface area contributed by atoms with Crippen LogP contribution in [0.15, 0.2) is 18.2 Å². The second-order valence-electron chi connectivity index (χ2n) is 12.2. The fourth-order valence-corrected chi connectivity index (χ4v) is 5.21. The van der Waals surface area contributed by atoms with Crippen molar-refractivity contribution in [3.63, 3.8) is 0 Å². The zero-order valence-corrected chi connectivity index (χ0v) is 23.7. The van der Waals surface area contributed by atoms with Crippen LogP contribution in [-0.2, 0) is 27.0 Å². The summed E-state index contributed by atoms with van der Waals surface area (Å²) >= 11 is 0. The molecule has 2 atom stereocenters. The van der Waals surface area contributed by atoms with Crippen molar-refractivity contribution in [2.24, 2.45) is 5.41 Å². The van der Waals surface area contributed by atoms with Crippen molar-refractivity contribution in [3.05, 3.63) is 29.3 Å². The monoisotopic (exact) mass is 541 g/mol. The van der Waals surface area contributed by atoms with Gasteiger partial charge in [0.15, 0.2) is 0 Å². The molecule has 0 spiro atoms. The number of piperazine rings is 1. The number of rotatable bonds is 5. The van der Waals surface area contributed by atoms with E-state index in [-0.39, 0.29) is 29.8 Å². The van der Waals surface area contributed by atoms with Crippen molar-refractivity contribution < 1.29 is 32.2 Å². The molecule has 0 aromatic heterocycles. The highest BCUT2D eigenvalue weighted by molar-refractivity contribution is 5.81. The zero-order valence-electron chi connectivity index (χ0n) is 23.7. The Hall–Kier alpha value is -2.49. The molecule has 0 aliphatic carbocycles. The van der Waals surface area contributed by atoms with Gasteiger partial charge in [-0.25, -0.2) is 9.59 Å². The van der Waals surface area contributed by atoms with Gasteiger partial charge in [-0.15, -0.1) is 0 Å². The predicted molar refractivity (Wildman–Crippen MR) is 140 cm³/mol. The minimum Gasteiger partial charge on any atom is -0.464 e. The summed E-state index contributed by atoms with van der Waals surface area (Å²) in [7, 11) is 0. The normalized spacial score (nSPS) is 21.5. The molecular formula is C28H42F3N3O4. The minimum absolute atomic E-state index is 0.0188. The van der Waals surface area contributed by atoms with E-state index in [1.54, 1.807) is 22.8 Å². The lowest BCUT2D eigenvalue weighted by Gasteiger charge is -2.47. The summed E-state index contributed by atoms with van der Waals surface area (Å²) in [4.78, 5) is 30.9. The zero-order chi connectivity index (χ0) is 28.5. The summed E-state index contributed by atoms with van der Waals surface area (Å²) < 4.78 is 52.7. The predicted octanol–water partition coefficient (Wildman–Crippen LogP) is 5.70. The van der Waals surface area contributed by atoms with Crippen LogP contribution >= 0.6 is 0 Å². The van der Waals surface area contributed by atoms with Crippen molar-refractivity contribution in [2.45, 2.75) is 91.7 Å². The number of carbonyl (C=O) groups excluding carboxylic acids is 2. The van der Waals surface area contributed by atoms with Crippen LogP contribution in [0.5, 0.6) is 0 Å². The third kappa shape index (κ3) is 7.33. The molecule has 2 fully saturated rings. The van der Waals surface area contributed by atoms with Crippen molar-refractivity contribution >= 4 is 17.7 Å². The molecule has 0 bridgehead atoms. The molecule has 1 aromatic rings. The summed E-state index contributed by atoms with van der Waals surface area (Å²) in [6.45, 7) is 16.0. The van der Waals surface area contributed by atoms with Crippen LogP contribution in [0.25, 0.3) is 0 Å². The number of anilines is 1. The summed E-state index contributed by atoms with van der Waals surface area (Å²) in [5, 5.41) is 0. The van der Waals surface area contributed by atoms with Gasteiger partial charge in [0.05, 0.1) is 18.2 Å². The maximum absolute atomic E-state index is 14.0. The van der Waals surface area contributed by atoms with E-state index in [0.717, 1.165) is 11.6 Å². The fraction of sp³-hybridized carbons (Fsp3) is 0.714. The number of hydrogen-bond donors (Lipinski definition) is 0. The van der Waals surface area contributed by atoms with E-state index in [0.29, 0.717) is 45.6 Å². The number of amides is 1. The van der Waals surface area contributed by atoms with Gasteiger partial charge in [-0.05, 0) is 63.6 Å². The van der Waals surface area contributed by atoms with E-state index < -0.39 is 29.4 Å². The van der Waals surface area contributed by atoms with Gasteiger partial charge < -0.3 is 19.3 Å². The summed E-state index contributed by atoms with van der Waals surface area (Å²) in [6.07, 6.45) is -3.83. The Bertz CT molecular complexity index is 1000. The number of alkyl halides is 3. The van der Waals surface area contributed by atoms with E-state index in [1.165, 1.54) is 6.07 Å². The second kappa shape index (κ2) is 11.3. The van der Waals surface area contributed by atoms with Crippen LogP contribution in [0.4, 0.5) is 23.7 Å². The molecule has 0 radical (unpaired) electrons. The average Bonchev–Trinajstić information content (AvgIpc) is 3.27. The van der Waals surface area contributed by atoms with E-state index >= 15 is 0 Å². The molecule has 0 saturated carbocycles. The highest BCUT2D eigenvalue weighted by Gasteiger charge is 2.41. The number of benzene rings is 1. The Balaban J connectivity index is 1.85. The van der Waals surface area contributed by atoms with Crippen LogP contribution in [0.2, 0.25) is 0 Å². The van der Waals surface area contributed by atoms with Crippen LogP contribution in [0.3, 0.4) is 0 Å². The number of ether oxygens (including phenoxy) is 2. The van der Waals surface area contributed by atoms with Gasteiger partial charge in [-0.3, -0.25) is 4.90 Å². The van der Waals surface area contributed by atoms with Gasteiger partial charge in [-0.2, -0.15) is 13.2 Å². The van der Waals surface area contributed by atoms with Gasteiger partial charge in [0, 0.05) is 38.4 Å². The van der Waals surface area contributed by atoms with Crippen LogP contribution in [0, 0.1) is 5.41 Å². The average molecular weight is 542 g/mol. The molecule has 1 amide bonds. The van der Waals surface area contributed by atoms with Crippen LogP contribution in [-0.4, -0.2) is 72.3 Å². The van der Waals surface area contributed by atoms with E-state index in [1.807, 2.05) is 20.8 Å². The number of halogens is 3. The van der Waals surface area contributed by atoms with Gasteiger partial charge >= 0.3 is 18.2 Å². The maximum atomic E-state index is 14.0. The quantitative estimate of drug-likeness (QED) is 0.446. The largest absolute Gasteiger partial charge is 0.464 e. The smallest absolute Gasteiger partial charge is 0.418 e. The molecule has 2 unspecified atom stereocenters. The number of hydrogen-bond acceptors (Lipinski definition) is 6. The van der Waals surface area contributed by atoms with E-state index in [2.05, 4.69) is 25.7 Å². The minimum atomic E-state index is -4.55. The first-order valence-corrected chi connectivity index (χ1v) is 13.4. The Morgan fingerprint density at radius 3 is 2.29 bits per heavy atom. The van der Waals surface area contributed by atoms with Gasteiger partial charge in [0.2, 0.25) is 0 Å². The lowest BCUT2D eigenvalue weighted by Crippen LogP contribution is -2.60. The first-order chi connectivity index (χ1) is 17.5. The summed E-state index contributed by atoms with van der Waals surface area (Å²) in [6, 6.07) is 3.32. The number of carbonyl (C=O) groups is 2. The van der Waals surface area contributed by atoms with Gasteiger partial charge in [0.25, 0.3) is 0 Å². The fourth-order valence-electron chi connectivity index (χ4n) is 5.21. The topological polar surface area (TPSA) is 62.3 Å². The van der Waals surface area contributed by atoms with Crippen LogP contribution in [0.1, 0.15) is 72.4 Å². The highest BCUT2D eigenvalue weighted by Crippen LogP contribution is 2.40. The number of esters is 1. The van der Waals surface area contributed by atoms with Crippen molar-refractivity contribution in [1.82, 2.24) is 9.80 Å². The van der Waals surface area contributed by atoms with E-state index in [4.69, 9.17) is 9.47 Å². The number of nitrogens with zero attached hydrogens (tertiary/aromatic N) is 3. The molecule has 10 heteroatoms. The molecule has 2 heterocycles. The molecule has 0 N–H and O–H groups in total. The third-order valence-corrected chi connectivity index (χ3v) is 6.99. The summed E-state index contributed by atoms with van der Waals surface area (Å²) in [5.74, 6) is -0.491. The Kier molecular flexibility index (Phi) is 8.95. The van der Waals surface area contributed by atoms with Gasteiger partial charge in [-0.1, -0.05) is 26.8 Å². The highest BCUT2D eigenvalue weighted by atomic mass is 19.4. The maximum Gasteiger partial charge on any atom is 0.418 e. The molecule has 214 valence electrons. The Morgan fingerprint density at radius 2 is 1.71 bits per heavy atom. The third-order valence-electron chi connectivity index (χ3n) is 6.99. The lowest BCUT2D eigenvalue weighted by atomic mass is 9.84. The molecule has 2 aliphatic rings. The summed E-state index contributed by atoms with van der Waals surface area (Å²) in [5.41, 5.74) is -0.848. The first-order valence-electron chi connectivity index (χ1n) is 13.4. The van der Waals surface area contributed by atoms with E-state index in [9.17, 15) is 22.8 Å². The molecule has 38 heavy (non-hydrogen) atoms. The molecule has 7 nitrogen and oxygen atoms in total. The Labute approximate surface area is 224 Å². The molecule has 2 aliphatic heterocycles. The van der Waals surface area contributed by atoms with Crippen molar-refractivity contribution in [2.75, 3.05) is 37.7 Å². The first kappa shape index (κ1) is 30.1. The van der Waals surface area contributed by atoms with Crippen LogP contribution < -0.4 is 4.90 Å². The molecule has 3 rings (SSSR count). The second-order valence-corrected chi connectivity index (χ2v) is 12.2. The molecule has 1 aromatic carbocycles. The Morgan fingerprint density at radius 1 is 1.03 bits per heavy atom. The van der Waals surface area contributed by atoms with Crippen molar-refractivity contribution in [3.8, 4) is 0 Å². The lowest BCUT2D eigenvalue weighted by molar-refractivity contribution is -0.145. The standard InChI is InChI=1S/C28H42F3N3O4/c1-8-37-24(35)21-10-9-13-33(21)22-16-19(11-12-20(22)28(29,30)31)17-32-14-15-34(23(18-32)26(2,3)4)25(36)38-27(5,6)7/h11-12,16,21,23H,8-10,13-15,17-18H2,1-7H3. The SMILES string of the molecule is CCOC(=O)C1CCCN1c1cc(CN2CCN(C(=O)OC(C)(C)C)C(C(C)(C)C)C2)ccc1C(F)(F)F.